The van der Waals surface area contributed by atoms with Crippen molar-refractivity contribution >= 4 is 7.41 Å². The normalized spacial score (nSPS) is 22.1. The number of nitrogens with zero attached hydrogens (tertiary/aromatic N) is 1. The van der Waals surface area contributed by atoms with Gasteiger partial charge in [-0.2, -0.15) is 0 Å². The Morgan fingerprint density at radius 1 is 1.33 bits per heavy atom. The third kappa shape index (κ3) is 1.72. The average molecular weight is 124 g/mol. The summed E-state index contributed by atoms with van der Waals surface area (Å²) in [4.78, 5) is 2.42. The molecule has 1 nitrogen and oxygen atoms in total. The summed E-state index contributed by atoms with van der Waals surface area (Å²) in [5, 5.41) is 0. The first-order valence-corrected chi connectivity index (χ1v) is 3.71. The molecule has 0 bridgehead atoms. The first-order chi connectivity index (χ1) is 4.11. The highest BCUT2D eigenvalue weighted by Gasteiger charge is 2.24. The van der Waals surface area contributed by atoms with E-state index in [1.54, 1.807) is 0 Å². The van der Waals surface area contributed by atoms with Crippen LogP contribution in [0.3, 0.4) is 0 Å². The van der Waals surface area contributed by atoms with Crippen molar-refractivity contribution in [3.05, 3.63) is 0 Å². The van der Waals surface area contributed by atoms with E-state index in [1.807, 2.05) is 0 Å². The third-order valence-corrected chi connectivity index (χ3v) is 1.81. The van der Waals surface area contributed by atoms with Crippen molar-refractivity contribution < 1.29 is 0 Å². The molecule has 0 aromatic carbocycles. The predicted octanol–water partition coefficient (Wildman–Crippen LogP) is 1.53. The van der Waals surface area contributed by atoms with Crippen LogP contribution < -0.4 is 0 Å². The fourth-order valence-electron chi connectivity index (χ4n) is 1.21. The third-order valence-electron chi connectivity index (χ3n) is 1.81. The molecule has 2 heteroatoms. The average Bonchev–Trinajstić information content (AvgIpc) is 2.08. The molecule has 9 heavy (non-hydrogen) atoms. The van der Waals surface area contributed by atoms with Gasteiger partial charge in [0.1, 0.15) is 0 Å². The zero-order valence-corrected chi connectivity index (χ0v) is 6.65. The Balaban J connectivity index is 2.42. The van der Waals surface area contributed by atoms with E-state index in [-0.39, 0.29) is 0 Å². The van der Waals surface area contributed by atoms with Gasteiger partial charge in [-0.1, -0.05) is 6.32 Å². The van der Waals surface area contributed by atoms with Gasteiger partial charge in [0.25, 0.3) is 0 Å². The van der Waals surface area contributed by atoms with Crippen LogP contribution in [0.2, 0.25) is 6.32 Å². The summed E-state index contributed by atoms with van der Waals surface area (Å²) in [6, 6.07) is 0. The van der Waals surface area contributed by atoms with Crippen LogP contribution in [0, 0.1) is 0 Å². The second-order valence-electron chi connectivity index (χ2n) is 3.69. The van der Waals surface area contributed by atoms with E-state index >= 15 is 0 Å². The maximum Gasteiger partial charge on any atom is 0.209 e. The van der Waals surface area contributed by atoms with Gasteiger partial charge in [-0.15, -0.1) is 0 Å². The van der Waals surface area contributed by atoms with Crippen LogP contribution in [0.25, 0.3) is 0 Å². The Bertz CT molecular complexity index is 89.6. The Labute approximate surface area is 58.7 Å². The van der Waals surface area contributed by atoms with E-state index in [9.17, 15) is 0 Å². The lowest BCUT2D eigenvalue weighted by atomic mass is 9.86. The Morgan fingerprint density at radius 2 is 2.00 bits per heavy atom. The minimum absolute atomic E-state index is 0.358. The first kappa shape index (κ1) is 7.14. The molecule has 0 saturated carbocycles. The van der Waals surface area contributed by atoms with Gasteiger partial charge in [-0.25, -0.2) is 0 Å². The topological polar surface area (TPSA) is 3.24 Å². The van der Waals surface area contributed by atoms with Crippen LogP contribution >= 0.6 is 0 Å². The maximum absolute atomic E-state index is 2.42. The fraction of sp³-hybridized carbons (Fsp3) is 1.00. The van der Waals surface area contributed by atoms with Crippen molar-refractivity contribution in [1.82, 2.24) is 4.81 Å². The highest BCUT2D eigenvalue weighted by molar-refractivity contribution is 6.33. The van der Waals surface area contributed by atoms with Crippen LogP contribution in [0.4, 0.5) is 0 Å². The van der Waals surface area contributed by atoms with Crippen LogP contribution in [0.15, 0.2) is 0 Å². The Morgan fingerprint density at radius 3 is 2.22 bits per heavy atom. The molecule has 0 amide bonds. The lowest BCUT2D eigenvalue weighted by Crippen LogP contribution is -2.40. The summed E-state index contributed by atoms with van der Waals surface area (Å²) in [5.74, 6) is 0. The highest BCUT2D eigenvalue weighted by Crippen LogP contribution is 2.18. The smallest absolute Gasteiger partial charge is 0.209 e. The molecule has 0 unspecified atom stereocenters. The van der Waals surface area contributed by atoms with Crippen molar-refractivity contribution in [2.45, 2.75) is 39.1 Å². The molecule has 0 aromatic rings. The predicted molar refractivity (Wildman–Crippen MR) is 41.6 cm³/mol. The zero-order valence-electron chi connectivity index (χ0n) is 6.65. The van der Waals surface area contributed by atoms with E-state index in [0.717, 1.165) is 0 Å². The van der Waals surface area contributed by atoms with E-state index in [2.05, 4.69) is 33.0 Å². The largest absolute Gasteiger partial charge is 0.342 e. The summed E-state index contributed by atoms with van der Waals surface area (Å²) >= 11 is 0. The Hall–Kier alpha value is 0.0249. The molecule has 1 heterocycles. The van der Waals surface area contributed by atoms with Gasteiger partial charge < -0.3 is 4.81 Å². The van der Waals surface area contributed by atoms with E-state index in [4.69, 9.17) is 0 Å². The van der Waals surface area contributed by atoms with Crippen LogP contribution in [-0.4, -0.2) is 24.3 Å². The van der Waals surface area contributed by atoms with Gasteiger partial charge in [-0.05, 0) is 33.7 Å². The molecule has 1 radical (unpaired) electrons. The van der Waals surface area contributed by atoms with Crippen molar-refractivity contribution in [2.75, 3.05) is 6.54 Å². The summed E-state index contributed by atoms with van der Waals surface area (Å²) in [6.45, 7) is 8.03. The van der Waals surface area contributed by atoms with Crippen LogP contribution in [0.1, 0.15) is 27.2 Å². The molecule has 1 fully saturated rings. The minimum Gasteiger partial charge on any atom is -0.342 e. The Kier molecular flexibility index (Phi) is 1.85. The number of hydrogen-bond acceptors (Lipinski definition) is 1. The molecule has 0 aromatic heterocycles. The van der Waals surface area contributed by atoms with Crippen molar-refractivity contribution in [1.29, 1.82) is 0 Å². The van der Waals surface area contributed by atoms with E-state index in [0.29, 0.717) is 5.54 Å². The van der Waals surface area contributed by atoms with E-state index in [1.165, 1.54) is 19.3 Å². The lowest BCUT2D eigenvalue weighted by molar-refractivity contribution is 0.271. The molecule has 1 saturated heterocycles. The molecule has 1 rings (SSSR count). The lowest BCUT2D eigenvalue weighted by Gasteiger charge is -2.31. The van der Waals surface area contributed by atoms with Gasteiger partial charge in [-0.3, -0.25) is 0 Å². The van der Waals surface area contributed by atoms with Gasteiger partial charge in [0, 0.05) is 5.54 Å². The summed E-state index contributed by atoms with van der Waals surface area (Å²) in [7, 11) is 2.32. The summed E-state index contributed by atoms with van der Waals surface area (Å²) < 4.78 is 0. The van der Waals surface area contributed by atoms with Gasteiger partial charge in [0.2, 0.25) is 7.41 Å². The van der Waals surface area contributed by atoms with Gasteiger partial charge in [0.15, 0.2) is 0 Å². The van der Waals surface area contributed by atoms with Crippen molar-refractivity contribution in [3.8, 4) is 0 Å². The fourth-order valence-corrected chi connectivity index (χ4v) is 1.21. The summed E-state index contributed by atoms with van der Waals surface area (Å²) in [6.07, 6.45) is 2.62. The molecule has 0 atom stereocenters. The SMILES string of the molecule is CC(C)(C)N1[B]CCC1. The molecular formula is C7H15BN. The number of hydrogen-bond donors (Lipinski definition) is 0. The molecule has 0 aliphatic carbocycles. The van der Waals surface area contributed by atoms with Crippen molar-refractivity contribution in [2.24, 2.45) is 0 Å². The second-order valence-corrected chi connectivity index (χ2v) is 3.69. The minimum atomic E-state index is 0.358. The molecule has 0 N–H and O–H groups in total. The summed E-state index contributed by atoms with van der Waals surface area (Å²) in [5.41, 5.74) is 0.358. The standard InChI is InChI=1S/C7H15BN/c1-7(2,3)9-6-4-5-8-9/h4-6H2,1-3H3. The van der Waals surface area contributed by atoms with E-state index < -0.39 is 0 Å². The first-order valence-electron chi connectivity index (χ1n) is 3.71. The second kappa shape index (κ2) is 2.33. The molecule has 51 valence electrons. The quantitative estimate of drug-likeness (QED) is 0.442. The number of rotatable bonds is 0. The maximum atomic E-state index is 2.42. The monoisotopic (exact) mass is 124 g/mol. The van der Waals surface area contributed by atoms with Gasteiger partial charge >= 0.3 is 0 Å². The molecule has 1 aliphatic rings. The van der Waals surface area contributed by atoms with Crippen molar-refractivity contribution in [3.63, 3.8) is 0 Å². The zero-order chi connectivity index (χ0) is 6.91. The molecule has 1 aliphatic heterocycles. The highest BCUT2D eigenvalue weighted by atomic mass is 15.1. The van der Waals surface area contributed by atoms with Crippen LogP contribution in [-0.2, 0) is 0 Å². The van der Waals surface area contributed by atoms with Crippen LogP contribution in [0.5, 0.6) is 0 Å². The molecular weight excluding hydrogens is 109 g/mol. The molecule has 0 spiro atoms. The van der Waals surface area contributed by atoms with Gasteiger partial charge in [0.05, 0.1) is 0 Å².